The van der Waals surface area contributed by atoms with Crippen LogP contribution in [0.4, 0.5) is 5.69 Å². The molecule has 0 aliphatic carbocycles. The maximum atomic E-state index is 13.0. The molecule has 0 spiro atoms. The summed E-state index contributed by atoms with van der Waals surface area (Å²) < 4.78 is 33.0. The van der Waals surface area contributed by atoms with Crippen molar-refractivity contribution < 1.29 is 18.1 Å². The highest BCUT2D eigenvalue weighted by Gasteiger charge is 2.33. The van der Waals surface area contributed by atoms with Crippen molar-refractivity contribution in [2.24, 2.45) is 11.8 Å². The SMILES string of the molecule is C[C@H]1C[C@H](C)CN(S(=O)(=O)c2ccc(Oc3ccccc3C#N)c([N+](=O)[O-])c2)C1. The fourth-order valence-electron chi connectivity index (χ4n) is 3.60. The molecule has 0 radical (unpaired) electrons. The van der Waals surface area contributed by atoms with Gasteiger partial charge in [-0.3, -0.25) is 10.1 Å². The maximum absolute atomic E-state index is 13.0. The molecular formula is C20H21N3O5S. The van der Waals surface area contributed by atoms with E-state index in [1.165, 1.54) is 28.6 Å². The number of benzene rings is 2. The zero-order valence-corrected chi connectivity index (χ0v) is 16.9. The van der Waals surface area contributed by atoms with Crippen molar-refractivity contribution >= 4 is 15.7 Å². The van der Waals surface area contributed by atoms with Crippen LogP contribution in [-0.4, -0.2) is 30.7 Å². The molecule has 1 aliphatic rings. The molecule has 1 fully saturated rings. The van der Waals surface area contributed by atoms with Gasteiger partial charge in [0.1, 0.15) is 11.8 Å². The average molecular weight is 415 g/mol. The molecule has 2 aromatic carbocycles. The molecule has 1 heterocycles. The van der Waals surface area contributed by atoms with Gasteiger partial charge in [0.05, 0.1) is 15.4 Å². The monoisotopic (exact) mass is 415 g/mol. The molecule has 1 aliphatic heterocycles. The number of piperidine rings is 1. The van der Waals surface area contributed by atoms with E-state index in [0.29, 0.717) is 13.1 Å². The summed E-state index contributed by atoms with van der Waals surface area (Å²) in [5, 5.41) is 20.7. The summed E-state index contributed by atoms with van der Waals surface area (Å²) in [7, 11) is -3.87. The number of ether oxygens (including phenoxy) is 1. The number of hydrogen-bond donors (Lipinski definition) is 0. The van der Waals surface area contributed by atoms with E-state index in [1.54, 1.807) is 12.1 Å². The molecule has 152 valence electrons. The fourth-order valence-corrected chi connectivity index (χ4v) is 5.30. The van der Waals surface area contributed by atoms with Crippen LogP contribution >= 0.6 is 0 Å². The Hall–Kier alpha value is -2.96. The summed E-state index contributed by atoms with van der Waals surface area (Å²) in [6.07, 6.45) is 0.942. The van der Waals surface area contributed by atoms with Crippen molar-refractivity contribution in [2.45, 2.75) is 25.2 Å². The van der Waals surface area contributed by atoms with Gasteiger partial charge < -0.3 is 4.74 Å². The molecule has 1 saturated heterocycles. The second-order valence-corrected chi connectivity index (χ2v) is 9.30. The van der Waals surface area contributed by atoms with Gasteiger partial charge in [-0.2, -0.15) is 9.57 Å². The first-order valence-corrected chi connectivity index (χ1v) is 10.6. The van der Waals surface area contributed by atoms with Crippen molar-refractivity contribution in [3.05, 3.63) is 58.1 Å². The third kappa shape index (κ3) is 4.39. The number of nitrogens with zero attached hydrogens (tertiary/aromatic N) is 3. The smallest absolute Gasteiger partial charge is 0.312 e. The summed E-state index contributed by atoms with van der Waals surface area (Å²) >= 11 is 0. The molecule has 29 heavy (non-hydrogen) atoms. The second-order valence-electron chi connectivity index (χ2n) is 7.36. The second kappa shape index (κ2) is 8.19. The Balaban J connectivity index is 1.98. The highest BCUT2D eigenvalue weighted by atomic mass is 32.2. The number of sulfonamides is 1. The molecular weight excluding hydrogens is 394 g/mol. The molecule has 0 saturated carbocycles. The van der Waals surface area contributed by atoms with Gasteiger partial charge in [-0.15, -0.1) is 0 Å². The van der Waals surface area contributed by atoms with Gasteiger partial charge in [0, 0.05) is 19.2 Å². The van der Waals surface area contributed by atoms with E-state index in [1.807, 2.05) is 19.9 Å². The Morgan fingerprint density at radius 3 is 2.41 bits per heavy atom. The number of nitro benzene ring substituents is 1. The molecule has 0 unspecified atom stereocenters. The standard InChI is InChI=1S/C20H21N3O5S/c1-14-9-15(2)13-22(12-14)29(26,27)17-7-8-20(18(10-17)23(24)25)28-19-6-4-3-5-16(19)11-21/h3-8,10,14-15H,9,12-13H2,1-2H3/t14-,15-/m0/s1. The van der Waals surface area contributed by atoms with Crippen LogP contribution in [0, 0.1) is 33.3 Å². The molecule has 0 aromatic heterocycles. The lowest BCUT2D eigenvalue weighted by atomic mass is 9.94. The third-order valence-corrected chi connectivity index (χ3v) is 6.66. The van der Waals surface area contributed by atoms with E-state index in [2.05, 4.69) is 0 Å². The van der Waals surface area contributed by atoms with Crippen molar-refractivity contribution in [2.75, 3.05) is 13.1 Å². The summed E-state index contributed by atoms with van der Waals surface area (Å²) in [5.41, 5.74) is -0.258. The molecule has 0 bridgehead atoms. The van der Waals surface area contributed by atoms with Crippen molar-refractivity contribution in [1.82, 2.24) is 4.31 Å². The first-order valence-electron chi connectivity index (χ1n) is 9.18. The van der Waals surface area contributed by atoms with Gasteiger partial charge in [-0.25, -0.2) is 8.42 Å². The quantitative estimate of drug-likeness (QED) is 0.540. The molecule has 0 N–H and O–H groups in total. The minimum absolute atomic E-state index is 0.128. The highest BCUT2D eigenvalue weighted by Crippen LogP contribution is 2.36. The molecule has 9 heteroatoms. The zero-order valence-electron chi connectivity index (χ0n) is 16.1. The summed E-state index contributed by atoms with van der Waals surface area (Å²) in [4.78, 5) is 10.7. The Morgan fingerprint density at radius 2 is 1.79 bits per heavy atom. The van der Waals surface area contributed by atoms with E-state index in [-0.39, 0.29) is 33.8 Å². The van der Waals surface area contributed by atoms with Gasteiger partial charge in [0.2, 0.25) is 15.8 Å². The van der Waals surface area contributed by atoms with Crippen LogP contribution in [0.2, 0.25) is 0 Å². The Labute approximate surface area is 169 Å². The van der Waals surface area contributed by atoms with E-state index >= 15 is 0 Å². The van der Waals surface area contributed by atoms with Crippen molar-refractivity contribution in [1.29, 1.82) is 5.26 Å². The molecule has 8 nitrogen and oxygen atoms in total. The fraction of sp³-hybridized carbons (Fsp3) is 0.350. The summed E-state index contributed by atoms with van der Waals surface area (Å²) in [5.74, 6) is 0.464. The van der Waals surface area contributed by atoms with E-state index in [0.717, 1.165) is 12.5 Å². The number of para-hydroxylation sites is 1. The van der Waals surface area contributed by atoms with Crippen LogP contribution < -0.4 is 4.74 Å². The third-order valence-electron chi connectivity index (χ3n) is 4.83. The number of hydrogen-bond acceptors (Lipinski definition) is 6. The lowest BCUT2D eigenvalue weighted by Gasteiger charge is -2.34. The average Bonchev–Trinajstić information content (AvgIpc) is 2.67. The minimum Gasteiger partial charge on any atom is -0.449 e. The van der Waals surface area contributed by atoms with Gasteiger partial charge in [0.25, 0.3) is 0 Å². The number of nitro groups is 1. The van der Waals surface area contributed by atoms with Gasteiger partial charge >= 0.3 is 5.69 Å². The minimum atomic E-state index is -3.87. The van der Waals surface area contributed by atoms with Gasteiger partial charge in [-0.1, -0.05) is 26.0 Å². The number of nitriles is 1. The van der Waals surface area contributed by atoms with Crippen LogP contribution in [-0.2, 0) is 10.0 Å². The van der Waals surface area contributed by atoms with E-state index in [9.17, 15) is 18.5 Å². The van der Waals surface area contributed by atoms with Crippen LogP contribution in [0.25, 0.3) is 0 Å². The van der Waals surface area contributed by atoms with Gasteiger partial charge in [0.15, 0.2) is 0 Å². The first kappa shape index (κ1) is 20.8. The van der Waals surface area contributed by atoms with E-state index < -0.39 is 20.6 Å². The largest absolute Gasteiger partial charge is 0.449 e. The van der Waals surface area contributed by atoms with Crippen LogP contribution in [0.15, 0.2) is 47.4 Å². The van der Waals surface area contributed by atoms with Crippen LogP contribution in [0.3, 0.4) is 0 Å². The Bertz CT molecular complexity index is 1070. The number of rotatable bonds is 5. The maximum Gasteiger partial charge on any atom is 0.312 e. The zero-order chi connectivity index (χ0) is 21.2. The molecule has 2 atom stereocenters. The predicted molar refractivity (Wildman–Crippen MR) is 106 cm³/mol. The van der Waals surface area contributed by atoms with Crippen molar-refractivity contribution in [3.63, 3.8) is 0 Å². The van der Waals surface area contributed by atoms with Crippen LogP contribution in [0.5, 0.6) is 11.5 Å². The molecule has 0 amide bonds. The highest BCUT2D eigenvalue weighted by molar-refractivity contribution is 7.89. The first-order chi connectivity index (χ1) is 13.7. The molecule has 3 rings (SSSR count). The van der Waals surface area contributed by atoms with Crippen molar-refractivity contribution in [3.8, 4) is 17.6 Å². The lowest BCUT2D eigenvalue weighted by molar-refractivity contribution is -0.385. The predicted octanol–water partition coefficient (Wildman–Crippen LogP) is 3.93. The Kier molecular flexibility index (Phi) is 5.86. The van der Waals surface area contributed by atoms with Gasteiger partial charge in [-0.05, 0) is 42.5 Å². The summed E-state index contributed by atoms with van der Waals surface area (Å²) in [6, 6.07) is 11.9. The topological polar surface area (TPSA) is 114 Å². The normalized spacial score (nSPS) is 20.0. The van der Waals surface area contributed by atoms with E-state index in [4.69, 9.17) is 10.00 Å². The lowest BCUT2D eigenvalue weighted by Crippen LogP contribution is -2.42. The van der Waals surface area contributed by atoms with Crippen LogP contribution in [0.1, 0.15) is 25.8 Å². The summed E-state index contributed by atoms with van der Waals surface area (Å²) in [6.45, 7) is 4.75. The Morgan fingerprint density at radius 1 is 1.14 bits per heavy atom. The molecule has 2 aromatic rings.